The van der Waals surface area contributed by atoms with Gasteiger partial charge in [0.2, 0.25) is 0 Å². The fraction of sp³-hybridized carbons (Fsp3) is 0.786. The van der Waals surface area contributed by atoms with Gasteiger partial charge in [0.15, 0.2) is 5.13 Å². The Labute approximate surface area is 121 Å². The molecule has 1 heterocycles. The first-order valence-corrected chi connectivity index (χ1v) is 8.03. The third-order valence-corrected chi connectivity index (χ3v) is 3.93. The number of nitrogens with zero attached hydrogens (tertiary/aromatic N) is 3. The van der Waals surface area contributed by atoms with E-state index in [-0.39, 0.29) is 0 Å². The van der Waals surface area contributed by atoms with Crippen molar-refractivity contribution in [2.24, 2.45) is 0 Å². The number of anilines is 1. The Kier molecular flexibility index (Phi) is 8.02. The Balaban J connectivity index is 2.35. The molecule has 110 valence electrons. The number of hydrogen-bond acceptors (Lipinski definition) is 5. The summed E-state index contributed by atoms with van der Waals surface area (Å²) < 4.78 is 0. The lowest BCUT2D eigenvalue weighted by Gasteiger charge is -2.20. The first-order valence-electron chi connectivity index (χ1n) is 7.21. The topological polar surface area (TPSA) is 31.4 Å². The molecule has 1 aromatic rings. The van der Waals surface area contributed by atoms with Crippen LogP contribution in [-0.2, 0) is 6.54 Å². The fourth-order valence-electron chi connectivity index (χ4n) is 1.87. The van der Waals surface area contributed by atoms with Crippen molar-refractivity contribution in [3.8, 4) is 0 Å². The summed E-state index contributed by atoms with van der Waals surface area (Å²) >= 11 is 1.78. The summed E-state index contributed by atoms with van der Waals surface area (Å²) in [4.78, 5) is 10.5. The van der Waals surface area contributed by atoms with Crippen LogP contribution in [0.1, 0.15) is 31.6 Å². The molecule has 0 spiro atoms. The van der Waals surface area contributed by atoms with Crippen LogP contribution in [0.25, 0.3) is 0 Å². The van der Waals surface area contributed by atoms with Gasteiger partial charge in [0, 0.05) is 24.2 Å². The predicted octanol–water partition coefficient (Wildman–Crippen LogP) is 2.74. The Morgan fingerprint density at radius 1 is 1.26 bits per heavy atom. The molecule has 1 aromatic heterocycles. The summed E-state index contributed by atoms with van der Waals surface area (Å²) in [5.74, 6) is 0. The number of nitrogens with one attached hydrogen (secondary N) is 1. The highest BCUT2D eigenvalue weighted by molar-refractivity contribution is 7.15. The van der Waals surface area contributed by atoms with E-state index in [4.69, 9.17) is 0 Å². The summed E-state index contributed by atoms with van der Waals surface area (Å²) in [5, 5.41) is 4.40. The summed E-state index contributed by atoms with van der Waals surface area (Å²) in [6.45, 7) is 9.84. The molecule has 1 rings (SSSR count). The zero-order valence-electron chi connectivity index (χ0n) is 12.8. The second-order valence-electron chi connectivity index (χ2n) is 5.08. The van der Waals surface area contributed by atoms with Gasteiger partial charge in [-0.05, 0) is 46.6 Å². The molecule has 0 bridgehead atoms. The third kappa shape index (κ3) is 6.89. The van der Waals surface area contributed by atoms with Crippen LogP contribution in [0.3, 0.4) is 0 Å². The first-order chi connectivity index (χ1) is 9.15. The van der Waals surface area contributed by atoms with Gasteiger partial charge < -0.3 is 10.2 Å². The van der Waals surface area contributed by atoms with Crippen LogP contribution in [0.15, 0.2) is 6.20 Å². The van der Waals surface area contributed by atoms with E-state index < -0.39 is 0 Å². The normalized spacial score (nSPS) is 11.5. The number of thiazole rings is 1. The molecule has 0 aromatic carbocycles. The number of hydrogen-bond donors (Lipinski definition) is 1. The molecule has 0 saturated heterocycles. The smallest absolute Gasteiger partial charge is 0.182 e. The van der Waals surface area contributed by atoms with Crippen LogP contribution in [0.5, 0.6) is 0 Å². The maximum atomic E-state index is 4.42. The monoisotopic (exact) mass is 284 g/mol. The van der Waals surface area contributed by atoms with Crippen LogP contribution in [0, 0.1) is 0 Å². The van der Waals surface area contributed by atoms with Crippen molar-refractivity contribution >= 4 is 16.5 Å². The van der Waals surface area contributed by atoms with Crippen molar-refractivity contribution in [1.82, 2.24) is 14.8 Å². The quantitative estimate of drug-likeness (QED) is 0.716. The lowest BCUT2D eigenvalue weighted by atomic mass is 10.3. The third-order valence-electron chi connectivity index (χ3n) is 2.99. The SMILES string of the molecule is CCCNc1ncc(CN(CC)CCCN(C)C)s1. The minimum Gasteiger partial charge on any atom is -0.362 e. The maximum Gasteiger partial charge on any atom is 0.182 e. The molecule has 0 aliphatic carbocycles. The number of rotatable bonds is 10. The second kappa shape index (κ2) is 9.28. The molecule has 0 saturated carbocycles. The van der Waals surface area contributed by atoms with Crippen molar-refractivity contribution in [2.45, 2.75) is 33.2 Å². The van der Waals surface area contributed by atoms with E-state index in [1.165, 1.54) is 11.3 Å². The van der Waals surface area contributed by atoms with Gasteiger partial charge in [0.1, 0.15) is 0 Å². The molecular weight excluding hydrogens is 256 g/mol. The van der Waals surface area contributed by atoms with E-state index >= 15 is 0 Å². The predicted molar refractivity (Wildman–Crippen MR) is 85.0 cm³/mol. The summed E-state index contributed by atoms with van der Waals surface area (Å²) in [5.41, 5.74) is 0. The zero-order chi connectivity index (χ0) is 14.1. The zero-order valence-corrected chi connectivity index (χ0v) is 13.6. The molecule has 0 aliphatic rings. The second-order valence-corrected chi connectivity index (χ2v) is 6.20. The maximum absolute atomic E-state index is 4.42. The van der Waals surface area contributed by atoms with Crippen LogP contribution >= 0.6 is 11.3 Å². The highest BCUT2D eigenvalue weighted by Gasteiger charge is 2.07. The van der Waals surface area contributed by atoms with E-state index in [2.05, 4.69) is 48.0 Å². The van der Waals surface area contributed by atoms with Crippen LogP contribution in [-0.4, -0.2) is 55.1 Å². The molecule has 0 radical (unpaired) electrons. The highest BCUT2D eigenvalue weighted by Crippen LogP contribution is 2.19. The lowest BCUT2D eigenvalue weighted by Crippen LogP contribution is -2.26. The van der Waals surface area contributed by atoms with Crippen molar-refractivity contribution in [2.75, 3.05) is 45.6 Å². The fourth-order valence-corrected chi connectivity index (χ4v) is 2.75. The van der Waals surface area contributed by atoms with Crippen LogP contribution in [0.4, 0.5) is 5.13 Å². The molecule has 0 aliphatic heterocycles. The Hall–Kier alpha value is -0.650. The molecular formula is C14H28N4S. The number of aromatic nitrogens is 1. The van der Waals surface area contributed by atoms with Gasteiger partial charge in [-0.2, -0.15) is 0 Å². The summed E-state index contributed by atoms with van der Waals surface area (Å²) in [6.07, 6.45) is 4.37. The van der Waals surface area contributed by atoms with Gasteiger partial charge in [-0.1, -0.05) is 13.8 Å². The average molecular weight is 284 g/mol. The summed E-state index contributed by atoms with van der Waals surface area (Å²) in [7, 11) is 4.26. The minimum absolute atomic E-state index is 1.01. The summed E-state index contributed by atoms with van der Waals surface area (Å²) in [6, 6.07) is 0. The van der Waals surface area contributed by atoms with Crippen molar-refractivity contribution in [3.63, 3.8) is 0 Å². The van der Waals surface area contributed by atoms with E-state index in [1.807, 2.05) is 6.20 Å². The lowest BCUT2D eigenvalue weighted by molar-refractivity contribution is 0.261. The van der Waals surface area contributed by atoms with Crippen LogP contribution in [0.2, 0.25) is 0 Å². The Morgan fingerprint density at radius 3 is 2.68 bits per heavy atom. The molecule has 0 fully saturated rings. The van der Waals surface area contributed by atoms with E-state index in [0.29, 0.717) is 0 Å². The molecule has 4 nitrogen and oxygen atoms in total. The van der Waals surface area contributed by atoms with Crippen molar-refractivity contribution in [3.05, 3.63) is 11.1 Å². The van der Waals surface area contributed by atoms with Gasteiger partial charge in [0.05, 0.1) is 0 Å². The first kappa shape index (κ1) is 16.4. The van der Waals surface area contributed by atoms with E-state index in [9.17, 15) is 0 Å². The molecule has 19 heavy (non-hydrogen) atoms. The van der Waals surface area contributed by atoms with E-state index in [1.54, 1.807) is 11.3 Å². The molecule has 5 heteroatoms. The van der Waals surface area contributed by atoms with Gasteiger partial charge in [-0.15, -0.1) is 11.3 Å². The van der Waals surface area contributed by atoms with Gasteiger partial charge in [-0.3, -0.25) is 4.90 Å². The van der Waals surface area contributed by atoms with Gasteiger partial charge >= 0.3 is 0 Å². The molecule has 0 unspecified atom stereocenters. The average Bonchev–Trinajstić information content (AvgIpc) is 2.82. The van der Waals surface area contributed by atoms with Crippen molar-refractivity contribution < 1.29 is 0 Å². The van der Waals surface area contributed by atoms with Crippen LogP contribution < -0.4 is 5.32 Å². The largest absolute Gasteiger partial charge is 0.362 e. The molecule has 0 amide bonds. The van der Waals surface area contributed by atoms with Crippen molar-refractivity contribution in [1.29, 1.82) is 0 Å². The van der Waals surface area contributed by atoms with Gasteiger partial charge in [0.25, 0.3) is 0 Å². The Morgan fingerprint density at radius 2 is 2.05 bits per heavy atom. The molecule has 0 atom stereocenters. The standard InChI is InChI=1S/C14H28N4S/c1-5-8-15-14-16-11-13(19-14)12-18(6-2)10-7-9-17(3)4/h11H,5-10,12H2,1-4H3,(H,15,16). The van der Waals surface area contributed by atoms with E-state index in [0.717, 1.165) is 44.3 Å². The molecule has 1 N–H and O–H groups in total. The Bertz CT molecular complexity index is 338. The minimum atomic E-state index is 1.01. The highest BCUT2D eigenvalue weighted by atomic mass is 32.1. The van der Waals surface area contributed by atoms with Gasteiger partial charge in [-0.25, -0.2) is 4.98 Å².